The van der Waals surface area contributed by atoms with Gasteiger partial charge in [0.25, 0.3) is 0 Å². The van der Waals surface area contributed by atoms with E-state index in [2.05, 4.69) is 0 Å². The molecule has 0 saturated heterocycles. The summed E-state index contributed by atoms with van der Waals surface area (Å²) in [6.45, 7) is 6.25. The fourth-order valence-corrected chi connectivity index (χ4v) is 0. The molecule has 0 unspecified atom stereocenters. The molecule has 0 spiro atoms. The molecule has 63 valence electrons. The van der Waals surface area contributed by atoms with E-state index in [4.69, 9.17) is 12.5 Å². The Bertz CT molecular complexity index is 93.6. The van der Waals surface area contributed by atoms with Crippen LogP contribution in [-0.2, 0) is 23.5 Å². The predicted molar refractivity (Wildman–Crippen MR) is 35.2 cm³/mol. The molecule has 3 nitrogen and oxygen atoms in total. The van der Waals surface area contributed by atoms with E-state index < -0.39 is 16.2 Å². The zero-order valence-electron chi connectivity index (χ0n) is 6.33. The number of aliphatic hydroxyl groups is 1. The van der Waals surface area contributed by atoms with Crippen LogP contribution in [0.25, 0.3) is 0 Å². The Balaban J connectivity index is -0.000000107. The van der Waals surface area contributed by atoms with Crippen LogP contribution in [0.4, 0.5) is 0 Å². The van der Waals surface area contributed by atoms with E-state index in [0.29, 0.717) is 0 Å². The number of rotatable bonds is 0. The van der Waals surface area contributed by atoms with Gasteiger partial charge >= 0.3 is 23.5 Å². The Morgan fingerprint density at radius 1 is 1.30 bits per heavy atom. The molecule has 0 amide bonds. The Hall–Kier alpha value is 0.434. The summed E-state index contributed by atoms with van der Waals surface area (Å²) >= 11 is -1.81. The number of hydrogen-bond acceptors (Lipinski definition) is 3. The van der Waals surface area contributed by atoms with Gasteiger partial charge in [0.15, 0.2) is 0 Å². The molecule has 1 N–H and O–H groups in total. The predicted octanol–water partition coefficient (Wildman–Crippen LogP) is 1.21. The van der Waals surface area contributed by atoms with Gasteiger partial charge in [-0.05, 0) is 5.41 Å². The molecule has 0 rings (SSSR count). The van der Waals surface area contributed by atoms with E-state index in [1.165, 1.54) is 0 Å². The zero-order chi connectivity index (χ0) is 7.91. The van der Waals surface area contributed by atoms with E-state index in [1.54, 1.807) is 0 Å². The van der Waals surface area contributed by atoms with Crippen LogP contribution in [0.2, 0.25) is 0 Å². The second-order valence-corrected chi connectivity index (χ2v) is 3.03. The topological polar surface area (TPSA) is 54.4 Å². The molecule has 0 saturated carbocycles. The standard InChI is InChI=1S/C5H12O.ClH.2O.V/c1-5(2,3)4-6;;;;/h6H,4H2,1-3H3;1H;;;. The third-order valence-corrected chi connectivity index (χ3v) is 0.474. The SMILES string of the molecule is CC(C)(C)CO.Cl.[O]=[V]=[O]. The summed E-state index contributed by atoms with van der Waals surface area (Å²) in [5.74, 6) is 0. The Kier molecular flexibility index (Phi) is 15.9. The van der Waals surface area contributed by atoms with Crippen LogP contribution in [0, 0.1) is 5.41 Å². The van der Waals surface area contributed by atoms with Gasteiger partial charge < -0.3 is 5.11 Å². The zero-order valence-corrected chi connectivity index (χ0v) is 8.54. The fraction of sp³-hybridized carbons (Fsp3) is 1.00. The molecule has 0 aliphatic rings. The van der Waals surface area contributed by atoms with E-state index in [0.717, 1.165) is 0 Å². The normalized spacial score (nSPS) is 8.00. The summed E-state index contributed by atoms with van der Waals surface area (Å²) in [7, 11) is 0. The monoisotopic (exact) mass is 207 g/mol. The van der Waals surface area contributed by atoms with Crippen molar-refractivity contribution in [3.05, 3.63) is 0 Å². The van der Waals surface area contributed by atoms with Crippen LogP contribution in [0.5, 0.6) is 0 Å². The Labute approximate surface area is 74.1 Å². The summed E-state index contributed by atoms with van der Waals surface area (Å²) in [6.07, 6.45) is 0. The van der Waals surface area contributed by atoms with Crippen molar-refractivity contribution in [2.24, 2.45) is 5.41 Å². The molecular formula is C5H13ClO3V. The first-order chi connectivity index (χ1) is 3.97. The summed E-state index contributed by atoms with van der Waals surface area (Å²) in [5, 5.41) is 8.40. The number of hydrogen-bond donors (Lipinski definition) is 1. The van der Waals surface area contributed by atoms with Gasteiger partial charge in [0.05, 0.1) is 0 Å². The van der Waals surface area contributed by atoms with Crippen molar-refractivity contribution in [2.45, 2.75) is 20.8 Å². The van der Waals surface area contributed by atoms with Crippen molar-refractivity contribution < 1.29 is 28.6 Å². The molecule has 0 atom stereocenters. The van der Waals surface area contributed by atoms with Crippen molar-refractivity contribution in [1.29, 1.82) is 0 Å². The molecule has 10 heavy (non-hydrogen) atoms. The first-order valence-corrected chi connectivity index (χ1v) is 3.68. The number of aliphatic hydroxyl groups excluding tert-OH is 1. The van der Waals surface area contributed by atoms with Gasteiger partial charge in [-0.3, -0.25) is 0 Å². The van der Waals surface area contributed by atoms with Crippen LogP contribution in [0.1, 0.15) is 20.8 Å². The van der Waals surface area contributed by atoms with E-state index in [-0.39, 0.29) is 24.4 Å². The van der Waals surface area contributed by atoms with Gasteiger partial charge in [-0.25, -0.2) is 0 Å². The summed E-state index contributed by atoms with van der Waals surface area (Å²) in [4.78, 5) is 0. The van der Waals surface area contributed by atoms with Crippen LogP contribution >= 0.6 is 12.4 Å². The minimum atomic E-state index is -1.81. The summed E-state index contributed by atoms with van der Waals surface area (Å²) < 4.78 is 16.9. The van der Waals surface area contributed by atoms with Gasteiger partial charge in [-0.15, -0.1) is 12.4 Å². The number of halogens is 1. The van der Waals surface area contributed by atoms with Crippen LogP contribution in [-0.4, -0.2) is 11.7 Å². The second-order valence-electron chi connectivity index (χ2n) is 2.79. The molecule has 0 bridgehead atoms. The second kappa shape index (κ2) is 9.43. The van der Waals surface area contributed by atoms with Gasteiger partial charge in [0.2, 0.25) is 0 Å². The van der Waals surface area contributed by atoms with Gasteiger partial charge in [0, 0.05) is 6.61 Å². The Morgan fingerprint density at radius 2 is 1.40 bits per heavy atom. The van der Waals surface area contributed by atoms with Crippen LogP contribution in [0.15, 0.2) is 0 Å². The van der Waals surface area contributed by atoms with Crippen LogP contribution < -0.4 is 0 Å². The maximum absolute atomic E-state index is 8.47. The first-order valence-electron chi connectivity index (χ1n) is 2.53. The molecule has 5 heteroatoms. The molecule has 0 aliphatic heterocycles. The maximum atomic E-state index is 8.47. The van der Waals surface area contributed by atoms with E-state index >= 15 is 0 Å². The molecule has 0 aromatic rings. The molecule has 0 radical (unpaired) electrons. The third kappa shape index (κ3) is 39.5. The molecule has 0 fully saturated rings. The quantitative estimate of drug-likeness (QED) is 0.650. The fourth-order valence-electron chi connectivity index (χ4n) is 0. The first kappa shape index (κ1) is 16.8. The van der Waals surface area contributed by atoms with Gasteiger partial charge in [-0.1, -0.05) is 20.8 Å². The molecule has 0 aromatic carbocycles. The minimum absolute atomic E-state index is 0. The van der Waals surface area contributed by atoms with Crippen molar-refractivity contribution in [1.82, 2.24) is 0 Å². The average molecular weight is 208 g/mol. The van der Waals surface area contributed by atoms with E-state index in [1.807, 2.05) is 20.8 Å². The molecular weight excluding hydrogens is 194 g/mol. The third-order valence-electron chi connectivity index (χ3n) is 0.474. The van der Waals surface area contributed by atoms with Crippen LogP contribution in [0.3, 0.4) is 0 Å². The van der Waals surface area contributed by atoms with Crippen molar-refractivity contribution in [3.8, 4) is 0 Å². The van der Waals surface area contributed by atoms with E-state index in [9.17, 15) is 0 Å². The van der Waals surface area contributed by atoms with Gasteiger partial charge in [0.1, 0.15) is 0 Å². The van der Waals surface area contributed by atoms with Gasteiger partial charge in [-0.2, -0.15) is 0 Å². The molecule has 0 aromatic heterocycles. The molecule has 0 heterocycles. The summed E-state index contributed by atoms with van der Waals surface area (Å²) in [6, 6.07) is 0. The van der Waals surface area contributed by atoms with Crippen molar-refractivity contribution in [3.63, 3.8) is 0 Å². The molecule has 0 aliphatic carbocycles. The average Bonchev–Trinajstić information content (AvgIpc) is 1.67. The Morgan fingerprint density at radius 3 is 1.40 bits per heavy atom. The van der Waals surface area contributed by atoms with Crippen molar-refractivity contribution in [2.75, 3.05) is 6.61 Å². The summed E-state index contributed by atoms with van der Waals surface area (Å²) in [5.41, 5.74) is 0.0972. The van der Waals surface area contributed by atoms with Crippen molar-refractivity contribution >= 4 is 12.4 Å².